The van der Waals surface area contributed by atoms with Gasteiger partial charge in [-0.25, -0.2) is 4.68 Å². The highest BCUT2D eigenvalue weighted by Crippen LogP contribution is 2.18. The molecule has 8 heteroatoms. The smallest absolute Gasteiger partial charge is 0.327 e. The molecule has 0 bridgehead atoms. The summed E-state index contributed by atoms with van der Waals surface area (Å²) in [5.41, 5.74) is -0.181. The molecule has 1 heterocycles. The molecule has 0 aliphatic rings. The number of aliphatic hydroxyl groups is 1. The Labute approximate surface area is 121 Å². The number of aliphatic hydroxyl groups excluding tert-OH is 1. The van der Waals surface area contributed by atoms with Gasteiger partial charge in [-0.3, -0.25) is 9.59 Å². The maximum absolute atomic E-state index is 11.9. The van der Waals surface area contributed by atoms with Gasteiger partial charge >= 0.3 is 5.97 Å². The van der Waals surface area contributed by atoms with E-state index in [2.05, 4.69) is 15.2 Å². The van der Waals surface area contributed by atoms with Gasteiger partial charge in [0.25, 0.3) is 5.56 Å². The average Bonchev–Trinajstić information content (AvgIpc) is 2.45. The van der Waals surface area contributed by atoms with Gasteiger partial charge in [-0.05, 0) is 12.8 Å². The van der Waals surface area contributed by atoms with E-state index in [1.807, 2.05) is 6.92 Å². The van der Waals surface area contributed by atoms with Crippen molar-refractivity contribution in [3.63, 3.8) is 0 Å². The van der Waals surface area contributed by atoms with Crippen LogP contribution in [0.3, 0.4) is 0 Å². The van der Waals surface area contributed by atoms with Gasteiger partial charge in [0.2, 0.25) is 0 Å². The zero-order chi connectivity index (χ0) is 15.1. The summed E-state index contributed by atoms with van der Waals surface area (Å²) in [6.45, 7) is 1.70. The largest absolute Gasteiger partial charge is 0.468 e. The number of halogens is 1. The predicted octanol–water partition coefficient (Wildman–Crippen LogP) is 0.643. The third-order valence-electron chi connectivity index (χ3n) is 2.82. The van der Waals surface area contributed by atoms with E-state index in [-0.39, 0.29) is 24.2 Å². The van der Waals surface area contributed by atoms with E-state index in [0.29, 0.717) is 12.1 Å². The fourth-order valence-electron chi connectivity index (χ4n) is 1.62. The first-order chi connectivity index (χ1) is 9.53. The number of hydrogen-bond acceptors (Lipinski definition) is 6. The number of hydrogen-bond donors (Lipinski definition) is 2. The van der Waals surface area contributed by atoms with Gasteiger partial charge in [0.1, 0.15) is 11.6 Å². The van der Waals surface area contributed by atoms with Crippen LogP contribution in [-0.2, 0) is 16.1 Å². The summed E-state index contributed by atoms with van der Waals surface area (Å²) >= 11 is 5.98. The number of ether oxygens (including phenoxy) is 1. The maximum atomic E-state index is 11.9. The minimum atomic E-state index is -0.580. The monoisotopic (exact) mass is 303 g/mol. The van der Waals surface area contributed by atoms with E-state index in [1.54, 1.807) is 0 Å². The minimum absolute atomic E-state index is 0.00448. The second-order valence-corrected chi connectivity index (χ2v) is 4.55. The van der Waals surface area contributed by atoms with Crippen LogP contribution in [0.15, 0.2) is 11.0 Å². The zero-order valence-corrected chi connectivity index (χ0v) is 12.2. The Bertz CT molecular complexity index is 518. The molecular weight excluding hydrogens is 286 g/mol. The fourth-order valence-corrected chi connectivity index (χ4v) is 1.82. The number of rotatable bonds is 7. The van der Waals surface area contributed by atoms with Gasteiger partial charge in [0.15, 0.2) is 0 Å². The number of carbonyl (C=O) groups excluding carboxylic acids is 1. The number of anilines is 1. The summed E-state index contributed by atoms with van der Waals surface area (Å²) < 4.78 is 5.40. The molecule has 0 spiro atoms. The quantitative estimate of drug-likeness (QED) is 0.718. The first kappa shape index (κ1) is 16.5. The first-order valence-electron chi connectivity index (χ1n) is 6.23. The lowest BCUT2D eigenvalue weighted by molar-refractivity contribution is -0.141. The zero-order valence-electron chi connectivity index (χ0n) is 11.4. The standard InChI is InChI=1S/C12H18ClN3O4/c1-3-8(4-5-17)15-9-6-14-16(7-10(18)20-2)12(19)11(9)13/h6,8,15,17H,3-5,7H2,1-2H3. The van der Waals surface area contributed by atoms with Crippen molar-refractivity contribution in [3.8, 4) is 0 Å². The Morgan fingerprint density at radius 2 is 2.35 bits per heavy atom. The number of methoxy groups -OCH3 is 1. The van der Waals surface area contributed by atoms with Crippen molar-refractivity contribution in [2.45, 2.75) is 32.4 Å². The predicted molar refractivity (Wildman–Crippen MR) is 74.9 cm³/mol. The van der Waals surface area contributed by atoms with Gasteiger partial charge < -0.3 is 15.2 Å². The number of nitrogens with one attached hydrogen (secondary N) is 1. The molecule has 0 amide bonds. The Hall–Kier alpha value is -1.60. The second-order valence-electron chi connectivity index (χ2n) is 4.17. The molecule has 0 saturated heterocycles. The van der Waals surface area contributed by atoms with Crippen LogP contribution in [0, 0.1) is 0 Å². The molecule has 0 aromatic carbocycles. The lowest BCUT2D eigenvalue weighted by Crippen LogP contribution is -2.29. The molecule has 1 aromatic rings. The molecule has 2 N–H and O–H groups in total. The van der Waals surface area contributed by atoms with Crippen molar-refractivity contribution in [3.05, 3.63) is 21.6 Å². The van der Waals surface area contributed by atoms with E-state index in [9.17, 15) is 9.59 Å². The van der Waals surface area contributed by atoms with Crippen molar-refractivity contribution in [1.82, 2.24) is 9.78 Å². The van der Waals surface area contributed by atoms with Crippen molar-refractivity contribution in [1.29, 1.82) is 0 Å². The van der Waals surface area contributed by atoms with E-state index < -0.39 is 11.5 Å². The van der Waals surface area contributed by atoms with Gasteiger partial charge in [0.05, 0.1) is 19.0 Å². The van der Waals surface area contributed by atoms with Crippen LogP contribution in [-0.4, -0.2) is 40.6 Å². The van der Waals surface area contributed by atoms with Gasteiger partial charge in [-0.2, -0.15) is 5.10 Å². The Kier molecular flexibility index (Phi) is 6.47. The molecule has 0 aliphatic heterocycles. The lowest BCUT2D eigenvalue weighted by atomic mass is 10.1. The summed E-state index contributed by atoms with van der Waals surface area (Å²) in [6, 6.07) is -0.00448. The van der Waals surface area contributed by atoms with Gasteiger partial charge in [0, 0.05) is 12.6 Å². The van der Waals surface area contributed by atoms with Gasteiger partial charge in [-0.1, -0.05) is 18.5 Å². The molecule has 20 heavy (non-hydrogen) atoms. The fraction of sp³-hybridized carbons (Fsp3) is 0.583. The molecule has 0 radical (unpaired) electrons. The van der Waals surface area contributed by atoms with Crippen molar-refractivity contribution in [2.24, 2.45) is 0 Å². The lowest BCUT2D eigenvalue weighted by Gasteiger charge is -2.17. The van der Waals surface area contributed by atoms with Crippen LogP contribution < -0.4 is 10.9 Å². The van der Waals surface area contributed by atoms with E-state index in [1.165, 1.54) is 13.3 Å². The van der Waals surface area contributed by atoms with E-state index >= 15 is 0 Å². The Morgan fingerprint density at radius 3 is 2.90 bits per heavy atom. The van der Waals surface area contributed by atoms with Crippen LogP contribution in [0.2, 0.25) is 5.02 Å². The highest BCUT2D eigenvalue weighted by atomic mass is 35.5. The molecular formula is C12H18ClN3O4. The SMILES string of the molecule is CCC(CCO)Nc1cnn(CC(=O)OC)c(=O)c1Cl. The molecule has 1 atom stereocenters. The molecule has 1 rings (SSSR count). The molecule has 7 nitrogen and oxygen atoms in total. The number of esters is 1. The summed E-state index contributed by atoms with van der Waals surface area (Å²) in [6.07, 6.45) is 2.69. The molecule has 0 aliphatic carbocycles. The summed E-state index contributed by atoms with van der Waals surface area (Å²) in [5, 5.41) is 15.8. The first-order valence-corrected chi connectivity index (χ1v) is 6.61. The molecule has 1 aromatic heterocycles. The van der Waals surface area contributed by atoms with Crippen LogP contribution >= 0.6 is 11.6 Å². The van der Waals surface area contributed by atoms with Crippen molar-refractivity contribution < 1.29 is 14.6 Å². The highest BCUT2D eigenvalue weighted by Gasteiger charge is 2.14. The van der Waals surface area contributed by atoms with E-state index in [0.717, 1.165) is 11.1 Å². The third kappa shape index (κ3) is 4.21. The van der Waals surface area contributed by atoms with Crippen LogP contribution in [0.1, 0.15) is 19.8 Å². The molecule has 0 fully saturated rings. The normalized spacial score (nSPS) is 12.0. The second kappa shape index (κ2) is 7.86. The summed E-state index contributed by atoms with van der Waals surface area (Å²) in [4.78, 5) is 23.1. The van der Waals surface area contributed by atoms with Crippen molar-refractivity contribution >= 4 is 23.3 Å². The number of aromatic nitrogens is 2. The topological polar surface area (TPSA) is 93.5 Å². The number of carbonyl (C=O) groups is 1. The molecule has 1 unspecified atom stereocenters. The highest BCUT2D eigenvalue weighted by molar-refractivity contribution is 6.32. The number of nitrogens with zero attached hydrogens (tertiary/aromatic N) is 2. The molecule has 0 saturated carbocycles. The molecule has 112 valence electrons. The summed E-state index contributed by atoms with van der Waals surface area (Å²) in [7, 11) is 1.23. The van der Waals surface area contributed by atoms with Crippen LogP contribution in [0.4, 0.5) is 5.69 Å². The third-order valence-corrected chi connectivity index (χ3v) is 3.19. The van der Waals surface area contributed by atoms with Crippen LogP contribution in [0.25, 0.3) is 0 Å². The average molecular weight is 304 g/mol. The maximum Gasteiger partial charge on any atom is 0.327 e. The van der Waals surface area contributed by atoms with Crippen LogP contribution in [0.5, 0.6) is 0 Å². The minimum Gasteiger partial charge on any atom is -0.468 e. The van der Waals surface area contributed by atoms with Gasteiger partial charge in [-0.15, -0.1) is 0 Å². The van der Waals surface area contributed by atoms with Crippen molar-refractivity contribution in [2.75, 3.05) is 19.0 Å². The Morgan fingerprint density at radius 1 is 1.65 bits per heavy atom. The summed E-state index contributed by atoms with van der Waals surface area (Å²) in [5.74, 6) is -0.580. The van der Waals surface area contributed by atoms with E-state index in [4.69, 9.17) is 16.7 Å². The Balaban J connectivity index is 2.94.